The zero-order valence-electron chi connectivity index (χ0n) is 21.0. The lowest BCUT2D eigenvalue weighted by molar-refractivity contribution is -0.384. The minimum absolute atomic E-state index is 0.0429. The number of anilines is 1. The average Bonchev–Trinajstić information content (AvgIpc) is 2.97. The highest BCUT2D eigenvalue weighted by atomic mass is 32.2. The minimum Gasteiger partial charge on any atom is -0.368 e. The van der Waals surface area contributed by atoms with Gasteiger partial charge in [0, 0.05) is 67.2 Å². The number of hydrogen-bond acceptors (Lipinski definition) is 7. The first-order chi connectivity index (χ1) is 18.8. The Bertz CT molecular complexity index is 1580. The quantitative estimate of drug-likeness (QED) is 0.266. The standard InChI is InChI=1S/C28H27N5O5S/c34-28(32-17-15-31(16-18-32)23-6-2-1-3-7-23)26(19-21-9-11-24(12-10-21)33(35)36)30-39(37,38)27-8-4-5-22-20-29-14-13-25(22)27/h1-14,20,26,30H,15-19H2. The Hall–Kier alpha value is -4.35. The van der Waals surface area contributed by atoms with Gasteiger partial charge in [0.2, 0.25) is 15.9 Å². The number of fused-ring (bicyclic) bond motifs is 1. The number of nitrogens with one attached hydrogen (secondary N) is 1. The molecule has 1 amide bonds. The predicted octanol–water partition coefficient (Wildman–Crippen LogP) is 3.38. The van der Waals surface area contributed by atoms with Crippen LogP contribution in [-0.4, -0.2) is 61.4 Å². The third-order valence-electron chi connectivity index (χ3n) is 6.83. The van der Waals surface area contributed by atoms with Gasteiger partial charge < -0.3 is 9.80 Å². The summed E-state index contributed by atoms with van der Waals surface area (Å²) in [5.41, 5.74) is 1.59. The lowest BCUT2D eigenvalue weighted by atomic mass is 10.0. The highest BCUT2D eigenvalue weighted by Gasteiger charge is 2.32. The van der Waals surface area contributed by atoms with Gasteiger partial charge in [-0.2, -0.15) is 4.72 Å². The normalized spacial score (nSPS) is 14.8. The van der Waals surface area contributed by atoms with Crippen molar-refractivity contribution >= 4 is 38.1 Å². The lowest BCUT2D eigenvalue weighted by Gasteiger charge is -2.37. The van der Waals surface area contributed by atoms with Crippen LogP contribution in [0.4, 0.5) is 11.4 Å². The number of nitro benzene ring substituents is 1. The number of nitrogens with zero attached hydrogens (tertiary/aromatic N) is 4. The summed E-state index contributed by atoms with van der Waals surface area (Å²) in [6, 6.07) is 21.1. The van der Waals surface area contributed by atoms with Crippen LogP contribution in [0.2, 0.25) is 0 Å². The highest BCUT2D eigenvalue weighted by Crippen LogP contribution is 2.23. The molecule has 1 saturated heterocycles. The van der Waals surface area contributed by atoms with Crippen LogP contribution in [0.15, 0.2) is 96.2 Å². The van der Waals surface area contributed by atoms with Crippen LogP contribution < -0.4 is 9.62 Å². The molecule has 0 aliphatic carbocycles. The Morgan fingerprint density at radius 1 is 0.949 bits per heavy atom. The number of nitro groups is 1. The van der Waals surface area contributed by atoms with E-state index in [-0.39, 0.29) is 22.9 Å². The van der Waals surface area contributed by atoms with E-state index in [1.165, 1.54) is 24.4 Å². The number of hydrogen-bond donors (Lipinski definition) is 1. The molecule has 11 heteroatoms. The van der Waals surface area contributed by atoms with Gasteiger partial charge in [0.1, 0.15) is 6.04 Å². The van der Waals surface area contributed by atoms with Crippen molar-refractivity contribution in [3.63, 3.8) is 0 Å². The van der Waals surface area contributed by atoms with E-state index in [1.807, 2.05) is 30.3 Å². The number of non-ortho nitro benzene ring substituents is 1. The van der Waals surface area contributed by atoms with E-state index in [0.717, 1.165) is 5.69 Å². The molecule has 2 heterocycles. The molecule has 1 aliphatic heterocycles. The number of amides is 1. The van der Waals surface area contributed by atoms with Crippen LogP contribution in [0, 0.1) is 10.1 Å². The van der Waals surface area contributed by atoms with Gasteiger partial charge in [-0.3, -0.25) is 19.9 Å². The van der Waals surface area contributed by atoms with Crippen LogP contribution in [0.1, 0.15) is 5.56 Å². The Morgan fingerprint density at radius 3 is 2.36 bits per heavy atom. The fraction of sp³-hybridized carbons (Fsp3) is 0.214. The molecule has 3 aromatic carbocycles. The minimum atomic E-state index is -4.11. The first kappa shape index (κ1) is 26.3. The first-order valence-corrected chi connectivity index (χ1v) is 14.0. The fourth-order valence-corrected chi connectivity index (χ4v) is 6.21. The summed E-state index contributed by atoms with van der Waals surface area (Å²) >= 11 is 0. The molecule has 1 aromatic heterocycles. The number of pyridine rings is 1. The van der Waals surface area contributed by atoms with Crippen molar-refractivity contribution < 1.29 is 18.1 Å². The van der Waals surface area contributed by atoms with Gasteiger partial charge >= 0.3 is 0 Å². The zero-order chi connectivity index (χ0) is 27.4. The third-order valence-corrected chi connectivity index (χ3v) is 8.36. The van der Waals surface area contributed by atoms with Crippen LogP contribution >= 0.6 is 0 Å². The van der Waals surface area contributed by atoms with Crippen molar-refractivity contribution in [2.75, 3.05) is 31.1 Å². The summed E-state index contributed by atoms with van der Waals surface area (Å²) in [4.78, 5) is 32.3. The summed E-state index contributed by atoms with van der Waals surface area (Å²) < 4.78 is 29.9. The Morgan fingerprint density at radius 2 is 1.67 bits per heavy atom. The second-order valence-corrected chi connectivity index (χ2v) is 11.0. The van der Waals surface area contributed by atoms with Gasteiger partial charge in [-0.15, -0.1) is 0 Å². The monoisotopic (exact) mass is 545 g/mol. The summed E-state index contributed by atoms with van der Waals surface area (Å²) in [5, 5.41) is 12.2. The van der Waals surface area contributed by atoms with E-state index in [0.29, 0.717) is 42.5 Å². The van der Waals surface area contributed by atoms with E-state index in [9.17, 15) is 23.3 Å². The van der Waals surface area contributed by atoms with Crippen LogP contribution in [0.3, 0.4) is 0 Å². The van der Waals surface area contributed by atoms with Gasteiger partial charge in [0.25, 0.3) is 5.69 Å². The molecular formula is C28H27N5O5S. The fourth-order valence-electron chi connectivity index (χ4n) is 4.79. The number of piperazine rings is 1. The van der Waals surface area contributed by atoms with Gasteiger partial charge in [0.15, 0.2) is 0 Å². The number of sulfonamides is 1. The average molecular weight is 546 g/mol. The molecule has 1 unspecified atom stereocenters. The molecule has 1 N–H and O–H groups in total. The lowest BCUT2D eigenvalue weighted by Crippen LogP contribution is -2.55. The number of rotatable bonds is 8. The van der Waals surface area contributed by atoms with E-state index >= 15 is 0 Å². The molecule has 1 aliphatic rings. The number of carbonyl (C=O) groups is 1. The molecule has 200 valence electrons. The molecule has 0 radical (unpaired) electrons. The van der Waals surface area contributed by atoms with E-state index in [2.05, 4.69) is 14.6 Å². The molecule has 1 atom stereocenters. The smallest absolute Gasteiger partial charge is 0.269 e. The van der Waals surface area contributed by atoms with Crippen molar-refractivity contribution in [2.45, 2.75) is 17.4 Å². The molecule has 0 spiro atoms. The van der Waals surface area contributed by atoms with E-state index < -0.39 is 21.0 Å². The van der Waals surface area contributed by atoms with E-state index in [1.54, 1.807) is 41.4 Å². The summed E-state index contributed by atoms with van der Waals surface area (Å²) in [6.07, 6.45) is 3.15. The number of benzene rings is 3. The molecule has 5 rings (SSSR count). The second kappa shape index (κ2) is 11.2. The van der Waals surface area contributed by atoms with Gasteiger partial charge in [-0.1, -0.05) is 42.5 Å². The first-order valence-electron chi connectivity index (χ1n) is 12.5. The summed E-state index contributed by atoms with van der Waals surface area (Å²) in [5.74, 6) is -0.341. The maximum Gasteiger partial charge on any atom is 0.269 e. The Kier molecular flexibility index (Phi) is 7.53. The maximum absolute atomic E-state index is 13.8. The molecule has 39 heavy (non-hydrogen) atoms. The van der Waals surface area contributed by atoms with Crippen molar-refractivity contribution in [1.82, 2.24) is 14.6 Å². The molecule has 1 fully saturated rings. The number of carbonyl (C=O) groups excluding carboxylic acids is 1. The summed E-state index contributed by atoms with van der Waals surface area (Å²) in [7, 11) is -4.11. The highest BCUT2D eigenvalue weighted by molar-refractivity contribution is 7.89. The Balaban J connectivity index is 1.40. The van der Waals surface area contributed by atoms with Gasteiger partial charge in [-0.05, 0) is 36.2 Å². The molecular weight excluding hydrogens is 518 g/mol. The SMILES string of the molecule is O=C(C(Cc1ccc([N+](=O)[O-])cc1)NS(=O)(=O)c1cccc2cnccc12)N1CCN(c2ccccc2)CC1. The molecule has 0 bridgehead atoms. The maximum atomic E-state index is 13.8. The van der Waals surface area contributed by atoms with Crippen molar-refractivity contribution in [1.29, 1.82) is 0 Å². The predicted molar refractivity (Wildman–Crippen MR) is 148 cm³/mol. The second-order valence-electron chi connectivity index (χ2n) is 9.30. The number of para-hydroxylation sites is 1. The van der Waals surface area contributed by atoms with Gasteiger partial charge in [0.05, 0.1) is 9.82 Å². The topological polar surface area (TPSA) is 126 Å². The van der Waals surface area contributed by atoms with E-state index in [4.69, 9.17) is 0 Å². The zero-order valence-corrected chi connectivity index (χ0v) is 21.8. The summed E-state index contributed by atoms with van der Waals surface area (Å²) in [6.45, 7) is 2.10. The number of aromatic nitrogens is 1. The van der Waals surface area contributed by atoms with Crippen LogP contribution in [-0.2, 0) is 21.2 Å². The van der Waals surface area contributed by atoms with Crippen molar-refractivity contribution in [2.24, 2.45) is 0 Å². The largest absolute Gasteiger partial charge is 0.368 e. The molecule has 10 nitrogen and oxygen atoms in total. The van der Waals surface area contributed by atoms with Crippen molar-refractivity contribution in [3.05, 3.63) is 107 Å². The van der Waals surface area contributed by atoms with Crippen LogP contribution in [0.25, 0.3) is 10.8 Å². The van der Waals surface area contributed by atoms with Crippen molar-refractivity contribution in [3.8, 4) is 0 Å². The third kappa shape index (κ3) is 5.89. The van der Waals surface area contributed by atoms with Crippen LogP contribution in [0.5, 0.6) is 0 Å². The Labute approximate surface area is 226 Å². The molecule has 4 aromatic rings. The molecule has 0 saturated carbocycles. The van der Waals surface area contributed by atoms with Gasteiger partial charge in [-0.25, -0.2) is 8.42 Å².